The van der Waals surface area contributed by atoms with E-state index >= 15 is 0 Å². The largest absolute Gasteiger partial charge is 0.418 e. The van der Waals surface area contributed by atoms with E-state index in [0.29, 0.717) is 18.2 Å². The fraction of sp³-hybridized carbons (Fsp3) is 0.250. The molecule has 6 heteroatoms. The van der Waals surface area contributed by atoms with E-state index in [1.165, 1.54) is 0 Å². The molecule has 0 aliphatic carbocycles. The van der Waals surface area contributed by atoms with Crippen LogP contribution in [0.3, 0.4) is 0 Å². The smallest absolute Gasteiger partial charge is 0.379 e. The third kappa shape index (κ3) is 2.20. The van der Waals surface area contributed by atoms with Gasteiger partial charge in [0, 0.05) is 0 Å². The molecule has 0 heterocycles. The van der Waals surface area contributed by atoms with E-state index in [0.717, 1.165) is 0 Å². The Morgan fingerprint density at radius 1 is 1.07 bits per heavy atom. The number of aliphatic hydroxyl groups excluding tert-OH is 1. The first kappa shape index (κ1) is 10.9. The van der Waals surface area contributed by atoms with Crippen molar-refractivity contribution in [3.63, 3.8) is 0 Å². The first-order valence-electron chi connectivity index (χ1n) is 3.52. The summed E-state index contributed by atoms with van der Waals surface area (Å²) in [6, 6.07) is 1.52. The lowest BCUT2D eigenvalue weighted by Crippen LogP contribution is -2.20. The molecule has 0 fully saturated rings. The zero-order valence-corrected chi connectivity index (χ0v) is 6.65. The van der Waals surface area contributed by atoms with Crippen LogP contribution in [0.15, 0.2) is 18.2 Å². The van der Waals surface area contributed by atoms with Crippen molar-refractivity contribution < 1.29 is 27.1 Å². The highest BCUT2D eigenvalue weighted by Gasteiger charge is 2.39. The van der Waals surface area contributed by atoms with E-state index in [2.05, 4.69) is 0 Å². The van der Waals surface area contributed by atoms with Crippen LogP contribution >= 0.6 is 0 Å². The summed E-state index contributed by atoms with van der Waals surface area (Å²) in [7, 11) is 0. The normalized spacial score (nSPS) is 14.1. The second-order valence-corrected chi connectivity index (χ2v) is 2.62. The fourth-order valence-electron chi connectivity index (χ4n) is 0.871. The molecule has 0 bridgehead atoms. The molecule has 0 unspecified atom stereocenters. The minimum absolute atomic E-state index is 0.313. The third-order valence-corrected chi connectivity index (χ3v) is 1.57. The van der Waals surface area contributed by atoms with Gasteiger partial charge in [0.25, 0.3) is 0 Å². The Hall–Kier alpha value is -1.17. The molecule has 0 aromatic heterocycles. The van der Waals surface area contributed by atoms with Gasteiger partial charge in [0.05, 0.1) is 0 Å². The molecule has 0 saturated heterocycles. The van der Waals surface area contributed by atoms with Crippen molar-refractivity contribution in [1.29, 1.82) is 0 Å². The van der Waals surface area contributed by atoms with Gasteiger partial charge in [-0.15, -0.1) is 0 Å². The zero-order chi connectivity index (χ0) is 10.9. The van der Waals surface area contributed by atoms with Crippen molar-refractivity contribution in [2.45, 2.75) is 12.3 Å². The highest BCUT2D eigenvalue weighted by molar-refractivity contribution is 5.21. The Morgan fingerprint density at radius 3 is 2.07 bits per heavy atom. The predicted molar refractivity (Wildman–Crippen MR) is 37.4 cm³/mol. The van der Waals surface area contributed by atoms with Crippen molar-refractivity contribution in [1.82, 2.24) is 0 Å². The van der Waals surface area contributed by atoms with E-state index in [9.17, 15) is 22.0 Å². The van der Waals surface area contributed by atoms with Crippen LogP contribution in [0.1, 0.15) is 11.7 Å². The SMILES string of the molecule is O[C@H](c1ccc(F)c(F)c1)C(F)(F)F. The minimum Gasteiger partial charge on any atom is -0.379 e. The zero-order valence-electron chi connectivity index (χ0n) is 6.65. The maximum absolute atomic E-state index is 12.5. The Morgan fingerprint density at radius 2 is 1.64 bits per heavy atom. The highest BCUT2D eigenvalue weighted by Crippen LogP contribution is 2.32. The summed E-state index contributed by atoms with van der Waals surface area (Å²) in [5.41, 5.74) is -0.726. The van der Waals surface area contributed by atoms with Crippen LogP contribution in [0.25, 0.3) is 0 Å². The average molecular weight is 212 g/mol. The van der Waals surface area contributed by atoms with Crippen molar-refractivity contribution in [2.75, 3.05) is 0 Å². The molecule has 1 nitrogen and oxygen atoms in total. The molecule has 0 aliphatic rings. The Labute approximate surface area is 75.8 Å². The molecule has 0 radical (unpaired) electrons. The number of hydrogen-bond acceptors (Lipinski definition) is 1. The number of hydrogen-bond donors (Lipinski definition) is 1. The predicted octanol–water partition coefficient (Wildman–Crippen LogP) is 2.56. The maximum Gasteiger partial charge on any atom is 0.418 e. The Bertz CT molecular complexity index is 333. The Balaban J connectivity index is 3.03. The summed E-state index contributed by atoms with van der Waals surface area (Å²) in [6.45, 7) is 0. The maximum atomic E-state index is 12.5. The summed E-state index contributed by atoms with van der Waals surface area (Å²) < 4.78 is 60.5. The third-order valence-electron chi connectivity index (χ3n) is 1.57. The molecule has 1 aromatic rings. The van der Waals surface area contributed by atoms with Gasteiger partial charge in [0.1, 0.15) is 0 Å². The van der Waals surface area contributed by atoms with Crippen LogP contribution in [-0.2, 0) is 0 Å². The lowest BCUT2D eigenvalue weighted by molar-refractivity contribution is -0.206. The van der Waals surface area contributed by atoms with Crippen LogP contribution in [-0.4, -0.2) is 11.3 Å². The van der Waals surface area contributed by atoms with Crippen molar-refractivity contribution in [3.8, 4) is 0 Å². The molecule has 0 saturated carbocycles. The van der Waals surface area contributed by atoms with Gasteiger partial charge in [-0.25, -0.2) is 8.78 Å². The van der Waals surface area contributed by atoms with Crippen LogP contribution < -0.4 is 0 Å². The lowest BCUT2D eigenvalue weighted by Gasteiger charge is -2.14. The molecule has 0 aliphatic heterocycles. The summed E-state index contributed by atoms with van der Waals surface area (Å²) in [5.74, 6) is -2.69. The van der Waals surface area contributed by atoms with E-state index in [-0.39, 0.29) is 0 Å². The lowest BCUT2D eigenvalue weighted by atomic mass is 10.1. The second kappa shape index (κ2) is 3.53. The molecule has 1 N–H and O–H groups in total. The summed E-state index contributed by atoms with van der Waals surface area (Å²) in [6.07, 6.45) is -7.68. The van der Waals surface area contributed by atoms with E-state index in [1.807, 2.05) is 0 Å². The molecule has 1 rings (SSSR count). The average Bonchev–Trinajstić information content (AvgIpc) is 2.07. The quantitative estimate of drug-likeness (QED) is 0.709. The van der Waals surface area contributed by atoms with Gasteiger partial charge in [-0.3, -0.25) is 0 Å². The number of alkyl halides is 3. The second-order valence-electron chi connectivity index (χ2n) is 2.62. The molecule has 1 aromatic carbocycles. The van der Waals surface area contributed by atoms with E-state index < -0.39 is 29.5 Å². The standard InChI is InChI=1S/C8H5F5O/c9-5-2-1-4(3-6(5)10)7(14)8(11,12)13/h1-3,7,14H/t7-/m1/s1. The van der Waals surface area contributed by atoms with Gasteiger partial charge in [-0.2, -0.15) is 13.2 Å². The van der Waals surface area contributed by atoms with Gasteiger partial charge in [-0.05, 0) is 17.7 Å². The highest BCUT2D eigenvalue weighted by atomic mass is 19.4. The molecule has 0 amide bonds. The number of benzene rings is 1. The van der Waals surface area contributed by atoms with Gasteiger partial charge in [0.15, 0.2) is 17.7 Å². The van der Waals surface area contributed by atoms with Gasteiger partial charge in [-0.1, -0.05) is 6.07 Å². The molecular formula is C8H5F5O. The summed E-state index contributed by atoms with van der Waals surface area (Å²) in [5, 5.41) is 8.66. The van der Waals surface area contributed by atoms with E-state index in [4.69, 9.17) is 5.11 Å². The summed E-state index contributed by atoms with van der Waals surface area (Å²) >= 11 is 0. The molecule has 1 atom stereocenters. The van der Waals surface area contributed by atoms with Crippen LogP contribution in [0, 0.1) is 11.6 Å². The molecule has 78 valence electrons. The van der Waals surface area contributed by atoms with Crippen LogP contribution in [0.2, 0.25) is 0 Å². The van der Waals surface area contributed by atoms with Crippen molar-refractivity contribution in [2.24, 2.45) is 0 Å². The number of halogens is 5. The first-order valence-corrected chi connectivity index (χ1v) is 3.52. The number of aliphatic hydroxyl groups is 1. The monoisotopic (exact) mass is 212 g/mol. The topological polar surface area (TPSA) is 20.2 Å². The van der Waals surface area contributed by atoms with Gasteiger partial charge >= 0.3 is 6.18 Å². The van der Waals surface area contributed by atoms with Gasteiger partial charge < -0.3 is 5.11 Å². The molecular weight excluding hydrogens is 207 g/mol. The minimum atomic E-state index is -4.88. The number of rotatable bonds is 1. The van der Waals surface area contributed by atoms with Crippen molar-refractivity contribution >= 4 is 0 Å². The summed E-state index contributed by atoms with van der Waals surface area (Å²) in [4.78, 5) is 0. The van der Waals surface area contributed by atoms with Gasteiger partial charge in [0.2, 0.25) is 0 Å². The molecule has 14 heavy (non-hydrogen) atoms. The van der Waals surface area contributed by atoms with E-state index in [1.54, 1.807) is 0 Å². The Kier molecular flexibility index (Phi) is 2.75. The van der Waals surface area contributed by atoms with Crippen molar-refractivity contribution in [3.05, 3.63) is 35.4 Å². The van der Waals surface area contributed by atoms with Crippen LogP contribution in [0.4, 0.5) is 22.0 Å². The first-order chi connectivity index (χ1) is 6.32. The molecule has 0 spiro atoms. The van der Waals surface area contributed by atoms with Crippen LogP contribution in [0.5, 0.6) is 0 Å². The fourth-order valence-corrected chi connectivity index (χ4v) is 0.871.